The summed E-state index contributed by atoms with van der Waals surface area (Å²) in [6, 6.07) is 20.9. The molecule has 0 fully saturated rings. The minimum absolute atomic E-state index is 0.0723. The number of hydrogen-bond donors (Lipinski definition) is 1. The smallest absolute Gasteiger partial charge is 0.254 e. The van der Waals surface area contributed by atoms with Gasteiger partial charge in [-0.1, -0.05) is 41.6 Å². The highest BCUT2D eigenvalue weighted by atomic mass is 16.5. The minimum atomic E-state index is -0.672. The number of para-hydroxylation sites is 1. The maximum Gasteiger partial charge on any atom is 0.254 e. The molecule has 176 valence electrons. The third kappa shape index (κ3) is 5.51. The van der Waals surface area contributed by atoms with Crippen molar-refractivity contribution in [1.82, 2.24) is 25.5 Å². The largest absolute Gasteiger partial charge is 0.493 e. The first kappa shape index (κ1) is 23.2. The average molecular weight is 460 g/mol. The predicted octanol–water partition coefficient (Wildman–Crippen LogP) is 4.77. The van der Waals surface area contributed by atoms with E-state index in [2.05, 4.69) is 20.6 Å². The number of nitrogens with zero attached hydrogens (tertiary/aromatic N) is 4. The summed E-state index contributed by atoms with van der Waals surface area (Å²) in [6.45, 7) is 4.92. The number of aryl methyl sites for hydroxylation is 1. The molecule has 1 amide bonds. The third-order valence-corrected chi connectivity index (χ3v) is 5.81. The minimum Gasteiger partial charge on any atom is -0.493 e. The number of H-pyrrole nitrogens is 1. The lowest BCUT2D eigenvalue weighted by Gasteiger charge is -2.37. The zero-order valence-corrected chi connectivity index (χ0v) is 19.5. The lowest BCUT2D eigenvalue weighted by Crippen LogP contribution is -2.45. The molecule has 2 aromatic carbocycles. The van der Waals surface area contributed by atoms with Crippen LogP contribution in [-0.4, -0.2) is 38.0 Å². The molecule has 0 saturated heterocycles. The number of benzene rings is 2. The quantitative estimate of drug-likeness (QED) is 0.325. The number of furan rings is 1. The molecule has 0 radical (unpaired) electrons. The van der Waals surface area contributed by atoms with Crippen LogP contribution in [0.2, 0.25) is 0 Å². The van der Waals surface area contributed by atoms with Crippen LogP contribution < -0.4 is 4.74 Å². The van der Waals surface area contributed by atoms with Crippen molar-refractivity contribution in [2.24, 2.45) is 0 Å². The number of unbranched alkanes of at least 4 members (excludes halogenated alkanes) is 1. The van der Waals surface area contributed by atoms with Gasteiger partial charge in [0.15, 0.2) is 5.82 Å². The Morgan fingerprint density at radius 3 is 2.56 bits per heavy atom. The van der Waals surface area contributed by atoms with Crippen molar-refractivity contribution < 1.29 is 13.9 Å². The van der Waals surface area contributed by atoms with Crippen LogP contribution in [0.4, 0.5) is 0 Å². The van der Waals surface area contributed by atoms with Crippen molar-refractivity contribution >= 4 is 5.91 Å². The van der Waals surface area contributed by atoms with Gasteiger partial charge < -0.3 is 14.1 Å². The van der Waals surface area contributed by atoms with Gasteiger partial charge in [0.25, 0.3) is 5.91 Å². The van der Waals surface area contributed by atoms with E-state index in [0.717, 1.165) is 36.3 Å². The molecule has 4 aromatic rings. The van der Waals surface area contributed by atoms with Crippen LogP contribution in [0, 0.1) is 0 Å². The predicted molar refractivity (Wildman–Crippen MR) is 127 cm³/mol. The van der Waals surface area contributed by atoms with Gasteiger partial charge in [-0.2, -0.15) is 5.21 Å². The van der Waals surface area contributed by atoms with Crippen LogP contribution in [0.25, 0.3) is 0 Å². The van der Waals surface area contributed by atoms with Gasteiger partial charge in [0.2, 0.25) is 0 Å². The summed E-state index contributed by atoms with van der Waals surface area (Å²) in [5.74, 6) is 2.12. The van der Waals surface area contributed by atoms with E-state index in [0.29, 0.717) is 24.5 Å². The molecule has 0 unspecified atom stereocenters. The molecule has 0 spiro atoms. The molecule has 8 heteroatoms. The lowest BCUT2D eigenvalue weighted by atomic mass is 9.96. The molecule has 2 heterocycles. The number of amides is 1. The highest BCUT2D eigenvalue weighted by Gasteiger charge is 2.36. The lowest BCUT2D eigenvalue weighted by molar-refractivity contribution is 0.0458. The van der Waals surface area contributed by atoms with Crippen LogP contribution >= 0.6 is 0 Å². The molecule has 0 aliphatic carbocycles. The Morgan fingerprint density at radius 1 is 1.03 bits per heavy atom. The van der Waals surface area contributed by atoms with Crippen LogP contribution in [-0.2, 0) is 18.5 Å². The van der Waals surface area contributed by atoms with Crippen molar-refractivity contribution in [1.29, 1.82) is 0 Å². The monoisotopic (exact) mass is 459 g/mol. The van der Waals surface area contributed by atoms with Crippen molar-refractivity contribution in [3.05, 3.63) is 95.7 Å². The third-order valence-electron chi connectivity index (χ3n) is 5.81. The molecule has 34 heavy (non-hydrogen) atoms. The Balaban J connectivity index is 1.50. The van der Waals surface area contributed by atoms with Crippen molar-refractivity contribution in [2.45, 2.75) is 45.2 Å². The van der Waals surface area contributed by atoms with Gasteiger partial charge in [-0.3, -0.25) is 4.79 Å². The number of carbonyl (C=O) groups excluding carboxylic acids is 1. The zero-order valence-electron chi connectivity index (χ0n) is 19.5. The van der Waals surface area contributed by atoms with Crippen LogP contribution in [0.5, 0.6) is 5.75 Å². The Morgan fingerprint density at radius 2 is 1.82 bits per heavy atom. The van der Waals surface area contributed by atoms with E-state index in [1.807, 2.05) is 85.5 Å². The number of aromatic nitrogens is 4. The van der Waals surface area contributed by atoms with E-state index >= 15 is 0 Å². The molecule has 2 aromatic heterocycles. The van der Waals surface area contributed by atoms with Gasteiger partial charge >= 0.3 is 0 Å². The van der Waals surface area contributed by atoms with Gasteiger partial charge in [-0.25, -0.2) is 0 Å². The Hall–Kier alpha value is -3.94. The summed E-state index contributed by atoms with van der Waals surface area (Å²) in [5.41, 5.74) is 0.889. The normalized spacial score (nSPS) is 11.4. The Bertz CT molecular complexity index is 1160. The van der Waals surface area contributed by atoms with E-state index in [1.54, 1.807) is 6.26 Å². The molecule has 1 N–H and O–H groups in total. The first-order valence-electron chi connectivity index (χ1n) is 11.4. The van der Waals surface area contributed by atoms with Gasteiger partial charge in [-0.05, 0) is 57.0 Å². The highest BCUT2D eigenvalue weighted by Crippen LogP contribution is 2.33. The standard InChI is InChI=1S/C26H29N5O3/c1-26(2,23-15-10-18-34-23)31(25(32)20-11-4-3-5-12-20)19-21-13-6-7-14-22(21)33-17-9-8-16-24-27-29-30-28-24/h3-7,10-15,18H,8-9,16-17,19H2,1-2H3,(H,27,28,29,30). The first-order valence-corrected chi connectivity index (χ1v) is 11.4. The molecule has 8 nitrogen and oxygen atoms in total. The fraction of sp³-hybridized carbons (Fsp3) is 0.308. The first-order chi connectivity index (χ1) is 16.6. The van der Waals surface area contributed by atoms with Crippen molar-refractivity contribution in [2.75, 3.05) is 6.61 Å². The number of carbonyl (C=O) groups is 1. The summed E-state index contributed by atoms with van der Waals surface area (Å²) in [5, 5.41) is 14.0. The second-order valence-corrected chi connectivity index (χ2v) is 8.53. The average Bonchev–Trinajstić information content (AvgIpc) is 3.58. The number of rotatable bonds is 11. The number of hydrogen-bond acceptors (Lipinski definition) is 6. The summed E-state index contributed by atoms with van der Waals surface area (Å²) in [6.07, 6.45) is 4.13. The Labute approximate surface area is 198 Å². The van der Waals surface area contributed by atoms with Crippen LogP contribution in [0.15, 0.2) is 77.4 Å². The molecule has 0 bridgehead atoms. The topological polar surface area (TPSA) is 97.1 Å². The fourth-order valence-corrected chi connectivity index (χ4v) is 3.82. The van der Waals surface area contributed by atoms with E-state index < -0.39 is 5.54 Å². The van der Waals surface area contributed by atoms with E-state index in [9.17, 15) is 4.79 Å². The van der Waals surface area contributed by atoms with Crippen LogP contribution in [0.1, 0.15) is 54.2 Å². The van der Waals surface area contributed by atoms with Crippen molar-refractivity contribution in [3.63, 3.8) is 0 Å². The SMILES string of the molecule is CC(C)(c1ccco1)N(Cc1ccccc1OCCCCc1nn[nH]n1)C(=O)c1ccccc1. The molecule has 0 aliphatic heterocycles. The van der Waals surface area contributed by atoms with Gasteiger partial charge in [0.05, 0.1) is 25.0 Å². The number of tetrazole rings is 1. The second-order valence-electron chi connectivity index (χ2n) is 8.53. The van der Waals surface area contributed by atoms with Crippen molar-refractivity contribution in [3.8, 4) is 5.75 Å². The summed E-state index contributed by atoms with van der Waals surface area (Å²) < 4.78 is 11.8. The highest BCUT2D eigenvalue weighted by molar-refractivity contribution is 5.94. The zero-order chi connectivity index (χ0) is 23.8. The van der Waals surface area contributed by atoms with Gasteiger partial charge in [0.1, 0.15) is 11.5 Å². The van der Waals surface area contributed by atoms with E-state index in [1.165, 1.54) is 0 Å². The maximum atomic E-state index is 13.6. The number of ether oxygens (including phenoxy) is 1. The second kappa shape index (κ2) is 10.8. The molecule has 0 saturated carbocycles. The van der Waals surface area contributed by atoms with E-state index in [4.69, 9.17) is 9.15 Å². The molecule has 4 rings (SSSR count). The van der Waals surface area contributed by atoms with Crippen LogP contribution in [0.3, 0.4) is 0 Å². The fourth-order valence-electron chi connectivity index (χ4n) is 3.82. The van der Waals surface area contributed by atoms with Gasteiger partial charge in [0, 0.05) is 17.5 Å². The number of aromatic amines is 1. The summed E-state index contributed by atoms with van der Waals surface area (Å²) in [7, 11) is 0. The molecule has 0 atom stereocenters. The summed E-state index contributed by atoms with van der Waals surface area (Å²) in [4.78, 5) is 15.5. The Kier molecular flexibility index (Phi) is 7.37. The number of nitrogens with one attached hydrogen (secondary N) is 1. The summed E-state index contributed by atoms with van der Waals surface area (Å²) >= 11 is 0. The molecule has 0 aliphatic rings. The van der Waals surface area contributed by atoms with Gasteiger partial charge in [-0.15, -0.1) is 10.2 Å². The maximum absolute atomic E-state index is 13.6. The van der Waals surface area contributed by atoms with E-state index in [-0.39, 0.29) is 5.91 Å². The molecular formula is C26H29N5O3. The molecular weight excluding hydrogens is 430 g/mol.